The number of aromatic nitrogens is 4. The van der Waals surface area contributed by atoms with Gasteiger partial charge in [0, 0.05) is 6.20 Å². The standard InChI is InChI=1S/C18H17F6N5O2/c1-9(6-12(19)15(25-3)30-10(2)17(20,21)22)13-8-29-14(7-26-13)27-28-16(29)18(23,24)31-11-4-5-11/h6-8,10-11H,3-5H2,1-2H3/b9-6+,15-12-/t10-/m0/s1. The van der Waals surface area contributed by atoms with Gasteiger partial charge in [0.25, 0.3) is 0 Å². The van der Waals surface area contributed by atoms with Crippen molar-refractivity contribution in [1.82, 2.24) is 19.6 Å². The third-order valence-electron chi connectivity index (χ3n) is 4.24. The molecule has 1 saturated carbocycles. The largest absolute Gasteiger partial charge is 0.463 e. The molecule has 1 atom stereocenters. The van der Waals surface area contributed by atoms with Crippen molar-refractivity contribution in [1.29, 1.82) is 0 Å². The van der Waals surface area contributed by atoms with Crippen LogP contribution in [0.1, 0.15) is 38.2 Å². The molecule has 168 valence electrons. The Balaban J connectivity index is 1.92. The summed E-state index contributed by atoms with van der Waals surface area (Å²) < 4.78 is 91.1. The van der Waals surface area contributed by atoms with Crippen LogP contribution in [0.15, 0.2) is 35.2 Å². The van der Waals surface area contributed by atoms with Gasteiger partial charge in [0.2, 0.25) is 11.7 Å². The van der Waals surface area contributed by atoms with Gasteiger partial charge < -0.3 is 9.47 Å². The fourth-order valence-electron chi connectivity index (χ4n) is 2.38. The van der Waals surface area contributed by atoms with Crippen LogP contribution in [-0.2, 0) is 15.6 Å². The van der Waals surface area contributed by atoms with Crippen LogP contribution in [0, 0.1) is 0 Å². The van der Waals surface area contributed by atoms with Crippen LogP contribution in [0.5, 0.6) is 0 Å². The van der Waals surface area contributed by atoms with Gasteiger partial charge >= 0.3 is 12.3 Å². The number of rotatable bonds is 8. The van der Waals surface area contributed by atoms with E-state index in [1.807, 2.05) is 0 Å². The summed E-state index contributed by atoms with van der Waals surface area (Å²) in [7, 11) is 0. The molecule has 0 aromatic carbocycles. The number of ether oxygens (including phenoxy) is 2. The lowest BCUT2D eigenvalue weighted by Gasteiger charge is -2.17. The van der Waals surface area contributed by atoms with E-state index in [4.69, 9.17) is 0 Å². The molecule has 0 unspecified atom stereocenters. The van der Waals surface area contributed by atoms with Gasteiger partial charge in [-0.2, -0.15) is 22.0 Å². The Morgan fingerprint density at radius 1 is 1.29 bits per heavy atom. The highest BCUT2D eigenvalue weighted by atomic mass is 19.4. The maximum atomic E-state index is 14.4. The Hall–Kier alpha value is -2.96. The van der Waals surface area contributed by atoms with E-state index < -0.39 is 42.0 Å². The Morgan fingerprint density at radius 2 is 1.97 bits per heavy atom. The number of hydrogen-bond donors (Lipinski definition) is 0. The number of aliphatic imine (C=N–C) groups is 1. The number of alkyl halides is 5. The molecule has 0 amide bonds. The SMILES string of the molecule is C=N/C(O[C@@H](C)C(F)(F)F)=C(F)\C=C(/C)c1cn2c(C(F)(F)OC3CC3)nnc2cn1. The Bertz CT molecular complexity index is 1040. The summed E-state index contributed by atoms with van der Waals surface area (Å²) in [4.78, 5) is 7.12. The van der Waals surface area contributed by atoms with E-state index in [1.165, 1.54) is 6.92 Å². The van der Waals surface area contributed by atoms with Crippen LogP contribution in [0.4, 0.5) is 26.3 Å². The molecule has 1 aliphatic rings. The first-order chi connectivity index (χ1) is 14.4. The molecule has 2 aromatic rings. The summed E-state index contributed by atoms with van der Waals surface area (Å²) in [6, 6.07) is 0. The Kier molecular flexibility index (Phi) is 6.07. The topological polar surface area (TPSA) is 73.9 Å². The Morgan fingerprint density at radius 3 is 2.55 bits per heavy atom. The Labute approximate surface area is 172 Å². The van der Waals surface area contributed by atoms with Crippen LogP contribution in [0.2, 0.25) is 0 Å². The zero-order valence-electron chi connectivity index (χ0n) is 16.3. The van der Waals surface area contributed by atoms with Gasteiger partial charge in [-0.25, -0.2) is 9.38 Å². The van der Waals surface area contributed by atoms with Gasteiger partial charge in [-0.05, 0) is 45.1 Å². The molecular weight excluding hydrogens is 432 g/mol. The summed E-state index contributed by atoms with van der Waals surface area (Å²) in [5.41, 5.74) is 0.102. The fraction of sp³-hybridized carbons (Fsp3) is 0.444. The first-order valence-electron chi connectivity index (χ1n) is 8.98. The highest BCUT2D eigenvalue weighted by molar-refractivity contribution is 5.63. The van der Waals surface area contributed by atoms with Gasteiger partial charge in [0.1, 0.15) is 0 Å². The zero-order chi connectivity index (χ0) is 23.0. The van der Waals surface area contributed by atoms with E-state index in [9.17, 15) is 26.3 Å². The number of hydrogen-bond acceptors (Lipinski definition) is 6. The second kappa shape index (κ2) is 8.29. The van der Waals surface area contributed by atoms with Gasteiger partial charge in [-0.15, -0.1) is 10.2 Å². The predicted octanol–water partition coefficient (Wildman–Crippen LogP) is 4.56. The second-order valence-electron chi connectivity index (χ2n) is 6.80. The van der Waals surface area contributed by atoms with Crippen molar-refractivity contribution in [2.75, 3.05) is 0 Å². The predicted molar refractivity (Wildman–Crippen MR) is 96.7 cm³/mol. The van der Waals surface area contributed by atoms with Gasteiger partial charge in [-0.1, -0.05) is 0 Å². The summed E-state index contributed by atoms with van der Waals surface area (Å²) >= 11 is 0. The molecule has 7 nitrogen and oxygen atoms in total. The van der Waals surface area contributed by atoms with Crippen molar-refractivity contribution in [2.45, 2.75) is 51.2 Å². The second-order valence-corrected chi connectivity index (χ2v) is 6.80. The molecule has 0 bridgehead atoms. The lowest BCUT2D eigenvalue weighted by molar-refractivity contribution is -0.261. The average molecular weight is 449 g/mol. The average Bonchev–Trinajstić information content (AvgIpc) is 3.37. The van der Waals surface area contributed by atoms with Crippen LogP contribution >= 0.6 is 0 Å². The number of allylic oxidation sites excluding steroid dienone is 3. The molecule has 0 spiro atoms. The minimum Gasteiger partial charge on any atom is -0.463 e. The molecule has 13 heteroatoms. The first kappa shape index (κ1) is 22.7. The maximum Gasteiger partial charge on any atom is 0.425 e. The molecule has 2 aromatic heterocycles. The van der Waals surface area contributed by atoms with Crippen LogP contribution < -0.4 is 0 Å². The number of halogens is 6. The molecule has 1 aliphatic carbocycles. The lowest BCUT2D eigenvalue weighted by Crippen LogP contribution is -2.28. The summed E-state index contributed by atoms with van der Waals surface area (Å²) in [6.45, 7) is 5.04. The van der Waals surface area contributed by atoms with E-state index in [0.29, 0.717) is 19.8 Å². The minimum atomic E-state index is -4.74. The molecule has 0 saturated heterocycles. The van der Waals surface area contributed by atoms with E-state index in [0.717, 1.165) is 22.9 Å². The maximum absolute atomic E-state index is 14.4. The molecule has 31 heavy (non-hydrogen) atoms. The van der Waals surface area contributed by atoms with Crippen LogP contribution in [-0.4, -0.2) is 44.7 Å². The van der Waals surface area contributed by atoms with Crippen molar-refractivity contribution >= 4 is 17.9 Å². The molecule has 2 heterocycles. The van der Waals surface area contributed by atoms with Crippen LogP contribution in [0.3, 0.4) is 0 Å². The van der Waals surface area contributed by atoms with E-state index in [1.54, 1.807) is 0 Å². The van der Waals surface area contributed by atoms with Gasteiger partial charge in [0.05, 0.1) is 18.0 Å². The highest BCUT2D eigenvalue weighted by Gasteiger charge is 2.44. The highest BCUT2D eigenvalue weighted by Crippen LogP contribution is 2.37. The van der Waals surface area contributed by atoms with E-state index >= 15 is 0 Å². The summed E-state index contributed by atoms with van der Waals surface area (Å²) in [6.07, 6.45) is -7.24. The molecule has 3 rings (SSSR count). The smallest absolute Gasteiger partial charge is 0.425 e. The number of fused-ring (bicyclic) bond motifs is 1. The summed E-state index contributed by atoms with van der Waals surface area (Å²) in [5, 5.41) is 7.06. The molecule has 1 fully saturated rings. The normalized spacial score (nSPS) is 17.5. The monoisotopic (exact) mass is 449 g/mol. The molecule has 0 aliphatic heterocycles. The van der Waals surface area contributed by atoms with Crippen molar-refractivity contribution in [3.63, 3.8) is 0 Å². The van der Waals surface area contributed by atoms with E-state index in [2.05, 4.69) is 36.4 Å². The van der Waals surface area contributed by atoms with Crippen molar-refractivity contribution < 1.29 is 35.8 Å². The van der Waals surface area contributed by atoms with E-state index in [-0.39, 0.29) is 16.9 Å². The number of nitrogens with zero attached hydrogens (tertiary/aromatic N) is 5. The van der Waals surface area contributed by atoms with Crippen molar-refractivity contribution in [2.24, 2.45) is 4.99 Å². The quantitative estimate of drug-likeness (QED) is 0.256. The first-order valence-corrected chi connectivity index (χ1v) is 8.98. The minimum absolute atomic E-state index is 0.00239. The van der Waals surface area contributed by atoms with Gasteiger partial charge in [0.15, 0.2) is 17.6 Å². The van der Waals surface area contributed by atoms with Crippen molar-refractivity contribution in [3.8, 4) is 0 Å². The molecular formula is C18H17F6N5O2. The fourth-order valence-corrected chi connectivity index (χ4v) is 2.38. The lowest BCUT2D eigenvalue weighted by atomic mass is 10.2. The summed E-state index contributed by atoms with van der Waals surface area (Å²) in [5.74, 6) is -3.01. The zero-order valence-corrected chi connectivity index (χ0v) is 16.3. The molecule has 0 radical (unpaired) electrons. The van der Waals surface area contributed by atoms with Crippen molar-refractivity contribution in [3.05, 3.63) is 41.7 Å². The molecule has 0 N–H and O–H groups in total. The third kappa shape index (κ3) is 5.21. The van der Waals surface area contributed by atoms with Gasteiger partial charge in [-0.3, -0.25) is 9.38 Å². The van der Waals surface area contributed by atoms with Crippen LogP contribution in [0.25, 0.3) is 11.2 Å². The third-order valence-corrected chi connectivity index (χ3v) is 4.24.